The number of carbonyl (C=O) groups is 1. The van der Waals surface area contributed by atoms with Gasteiger partial charge in [0, 0.05) is 16.8 Å². The molecule has 1 atom stereocenters. The summed E-state index contributed by atoms with van der Waals surface area (Å²) in [6.07, 6.45) is 2.29. The summed E-state index contributed by atoms with van der Waals surface area (Å²) >= 11 is 23.6. The maximum absolute atomic E-state index is 12.4. The minimum absolute atomic E-state index is 0.134. The van der Waals surface area contributed by atoms with E-state index in [1.165, 1.54) is 36.7 Å². The number of rotatable bonds is 7. The normalized spacial score (nSPS) is 12.8. The molecule has 1 heterocycles. The Morgan fingerprint density at radius 1 is 1.18 bits per heavy atom. The third-order valence-corrected chi connectivity index (χ3v) is 4.09. The number of nitrogens with one attached hydrogen (secondary N) is 3. The second-order valence-corrected chi connectivity index (χ2v) is 8.10. The van der Waals surface area contributed by atoms with Gasteiger partial charge in [-0.2, -0.15) is 0 Å². The predicted molar refractivity (Wildman–Crippen MR) is 109 cm³/mol. The number of alkyl halides is 3. The van der Waals surface area contributed by atoms with Crippen LogP contribution < -0.4 is 16.0 Å². The van der Waals surface area contributed by atoms with Crippen LogP contribution in [-0.2, 0) is 0 Å². The van der Waals surface area contributed by atoms with Crippen molar-refractivity contribution < 1.29 is 9.72 Å². The zero-order valence-corrected chi connectivity index (χ0v) is 16.9. The fraction of sp³-hybridized carbons (Fsp3) is 0.125. The van der Waals surface area contributed by atoms with Crippen LogP contribution in [0.1, 0.15) is 10.4 Å². The number of nitrogens with zero attached hydrogens (tertiary/aromatic N) is 2. The van der Waals surface area contributed by atoms with E-state index in [1.807, 2.05) is 0 Å². The largest absolute Gasteiger partial charge is 0.343 e. The molecular formula is C16H13Cl4N5O3. The van der Waals surface area contributed by atoms with Gasteiger partial charge in [-0.05, 0) is 36.4 Å². The van der Waals surface area contributed by atoms with E-state index in [9.17, 15) is 14.9 Å². The minimum Gasteiger partial charge on any atom is -0.343 e. The number of hydrogen-bond donors (Lipinski definition) is 3. The van der Waals surface area contributed by atoms with E-state index in [1.54, 1.807) is 12.1 Å². The fourth-order valence-electron chi connectivity index (χ4n) is 1.97. The Labute approximate surface area is 180 Å². The molecule has 12 heteroatoms. The first-order valence-corrected chi connectivity index (χ1v) is 9.08. The van der Waals surface area contributed by atoms with Crippen LogP contribution in [-0.4, -0.2) is 25.8 Å². The molecule has 2 aromatic rings. The molecule has 0 radical (unpaired) electrons. The molecule has 28 heavy (non-hydrogen) atoms. The van der Waals surface area contributed by atoms with Crippen molar-refractivity contribution in [2.24, 2.45) is 0 Å². The van der Waals surface area contributed by atoms with Crippen LogP contribution >= 0.6 is 46.4 Å². The molecule has 0 saturated heterocycles. The van der Waals surface area contributed by atoms with Crippen molar-refractivity contribution in [2.45, 2.75) is 9.96 Å². The molecule has 2 rings (SSSR count). The molecule has 1 unspecified atom stereocenters. The van der Waals surface area contributed by atoms with E-state index < -0.39 is 20.8 Å². The van der Waals surface area contributed by atoms with Gasteiger partial charge in [0.05, 0.1) is 16.8 Å². The Kier molecular flexibility index (Phi) is 7.70. The van der Waals surface area contributed by atoms with Crippen LogP contribution in [0.4, 0.5) is 5.69 Å². The Balaban J connectivity index is 2.21. The molecule has 1 aromatic heterocycles. The molecule has 148 valence electrons. The summed E-state index contributed by atoms with van der Waals surface area (Å²) in [4.78, 5) is 26.6. The number of amides is 1. The highest BCUT2D eigenvalue weighted by atomic mass is 35.6. The summed E-state index contributed by atoms with van der Waals surface area (Å²) in [6, 6.07) is 9.26. The van der Waals surface area contributed by atoms with Gasteiger partial charge in [0.2, 0.25) is 3.79 Å². The summed E-state index contributed by atoms with van der Waals surface area (Å²) in [6.45, 7) is 0. The summed E-state index contributed by atoms with van der Waals surface area (Å²) in [7, 11) is 0. The molecule has 1 aromatic carbocycles. The quantitative estimate of drug-likeness (QED) is 0.248. The lowest BCUT2D eigenvalue weighted by molar-refractivity contribution is -0.403. The molecule has 0 spiro atoms. The van der Waals surface area contributed by atoms with Crippen LogP contribution in [0, 0.1) is 10.1 Å². The second-order valence-electron chi connectivity index (χ2n) is 5.29. The lowest BCUT2D eigenvalue weighted by Crippen LogP contribution is -2.53. The van der Waals surface area contributed by atoms with Crippen LogP contribution in [0.5, 0.6) is 0 Å². The molecular weight excluding hydrogens is 452 g/mol. The van der Waals surface area contributed by atoms with E-state index in [4.69, 9.17) is 46.4 Å². The highest BCUT2D eigenvalue weighted by molar-refractivity contribution is 6.68. The highest BCUT2D eigenvalue weighted by Gasteiger charge is 2.35. The number of halogens is 4. The molecule has 0 aliphatic rings. The van der Waals surface area contributed by atoms with Gasteiger partial charge in [-0.25, -0.2) is 0 Å². The average Bonchev–Trinajstić information content (AvgIpc) is 2.61. The first-order chi connectivity index (χ1) is 13.1. The van der Waals surface area contributed by atoms with Crippen molar-refractivity contribution in [1.29, 1.82) is 0 Å². The summed E-state index contributed by atoms with van der Waals surface area (Å²) < 4.78 is -2.03. The van der Waals surface area contributed by atoms with Gasteiger partial charge in [-0.1, -0.05) is 46.4 Å². The van der Waals surface area contributed by atoms with Gasteiger partial charge >= 0.3 is 0 Å². The molecule has 0 aliphatic carbocycles. The third kappa shape index (κ3) is 7.05. The smallest absolute Gasteiger partial charge is 0.274 e. The second kappa shape index (κ2) is 9.79. The molecule has 0 saturated carbocycles. The Morgan fingerprint density at radius 3 is 2.39 bits per heavy atom. The van der Waals surface area contributed by atoms with Gasteiger partial charge in [-0.15, -0.1) is 0 Å². The number of hydrogen-bond acceptors (Lipinski definition) is 6. The Hall–Kier alpha value is -2.26. The number of nitro groups is 1. The van der Waals surface area contributed by atoms with E-state index >= 15 is 0 Å². The van der Waals surface area contributed by atoms with Crippen molar-refractivity contribution in [2.75, 3.05) is 5.32 Å². The molecule has 3 N–H and O–H groups in total. The molecule has 0 fully saturated rings. The van der Waals surface area contributed by atoms with Crippen LogP contribution in [0.2, 0.25) is 5.02 Å². The summed E-state index contributed by atoms with van der Waals surface area (Å²) in [5, 5.41) is 19.2. The van der Waals surface area contributed by atoms with E-state index in [-0.39, 0.29) is 11.4 Å². The summed E-state index contributed by atoms with van der Waals surface area (Å²) in [5.74, 6) is -0.715. The van der Waals surface area contributed by atoms with Crippen molar-refractivity contribution >= 4 is 58.0 Å². The van der Waals surface area contributed by atoms with Gasteiger partial charge in [0.25, 0.3) is 12.1 Å². The maximum Gasteiger partial charge on any atom is 0.274 e. The van der Waals surface area contributed by atoms with Crippen LogP contribution in [0.15, 0.2) is 60.8 Å². The number of anilines is 1. The van der Waals surface area contributed by atoms with Gasteiger partial charge in [0.1, 0.15) is 6.17 Å². The first kappa shape index (κ1) is 22.0. The number of aromatic nitrogens is 1. The molecule has 8 nitrogen and oxygen atoms in total. The zero-order valence-electron chi connectivity index (χ0n) is 13.9. The molecule has 0 aliphatic heterocycles. The van der Waals surface area contributed by atoms with Crippen LogP contribution in [0.3, 0.4) is 0 Å². The van der Waals surface area contributed by atoms with E-state index in [0.717, 1.165) is 0 Å². The summed E-state index contributed by atoms with van der Waals surface area (Å²) in [5.41, 5.74) is 0.695. The fourth-order valence-corrected chi connectivity index (χ4v) is 2.43. The maximum atomic E-state index is 12.4. The highest BCUT2D eigenvalue weighted by Crippen LogP contribution is 2.30. The molecule has 0 bridgehead atoms. The Morgan fingerprint density at radius 2 is 1.86 bits per heavy atom. The van der Waals surface area contributed by atoms with Gasteiger partial charge in [-0.3, -0.25) is 19.9 Å². The van der Waals surface area contributed by atoms with Crippen molar-refractivity contribution in [3.63, 3.8) is 0 Å². The Bertz CT molecular complexity index is 857. The first-order valence-electron chi connectivity index (χ1n) is 7.57. The zero-order chi connectivity index (χ0) is 20.7. The SMILES string of the molecule is O=C(NC(N/C(=C/[N+](=O)[O-])Nc1cccnc1)C(Cl)(Cl)Cl)c1ccc(Cl)cc1. The lowest BCUT2D eigenvalue weighted by Gasteiger charge is -2.28. The molecule has 1 amide bonds. The minimum atomic E-state index is -2.03. The average molecular weight is 465 g/mol. The van der Waals surface area contributed by atoms with Crippen molar-refractivity contribution in [1.82, 2.24) is 15.6 Å². The monoisotopic (exact) mass is 463 g/mol. The lowest BCUT2D eigenvalue weighted by atomic mass is 10.2. The van der Waals surface area contributed by atoms with Crippen LogP contribution in [0.25, 0.3) is 0 Å². The number of benzene rings is 1. The third-order valence-electron chi connectivity index (χ3n) is 3.18. The van der Waals surface area contributed by atoms with Crippen molar-refractivity contribution in [3.05, 3.63) is 81.5 Å². The number of pyridine rings is 1. The topological polar surface area (TPSA) is 109 Å². The van der Waals surface area contributed by atoms with Gasteiger partial charge in [0.15, 0.2) is 5.82 Å². The standard InChI is InChI=1S/C16H13Cl4N5O3/c17-11-5-3-10(4-6-11)14(26)24-15(16(18,19)20)23-13(9-25(27)28)22-12-2-1-7-21-8-12/h1-9,15,22-23H,(H,24,26)/b13-9+. The van der Waals surface area contributed by atoms with Gasteiger partial charge < -0.3 is 16.0 Å². The van der Waals surface area contributed by atoms with E-state index in [0.29, 0.717) is 16.9 Å². The number of carbonyl (C=O) groups excluding carboxylic acids is 1. The predicted octanol–water partition coefficient (Wildman–Crippen LogP) is 3.94. The van der Waals surface area contributed by atoms with Crippen molar-refractivity contribution in [3.8, 4) is 0 Å². The van der Waals surface area contributed by atoms with E-state index in [2.05, 4.69) is 20.9 Å².